The first-order valence-electron chi connectivity index (χ1n) is 4.86. The minimum absolute atomic E-state index is 0.211. The summed E-state index contributed by atoms with van der Waals surface area (Å²) in [5, 5.41) is 9.09. The normalized spacial score (nSPS) is 13.2. The molecule has 0 bridgehead atoms. The van der Waals surface area contributed by atoms with Gasteiger partial charge in [-0.3, -0.25) is 0 Å². The fourth-order valence-electron chi connectivity index (χ4n) is 1.07. The molecule has 15 heavy (non-hydrogen) atoms. The Morgan fingerprint density at radius 1 is 1.33 bits per heavy atom. The Morgan fingerprint density at radius 3 is 2.73 bits per heavy atom. The van der Waals surface area contributed by atoms with Crippen molar-refractivity contribution in [1.82, 2.24) is 0 Å². The lowest BCUT2D eigenvalue weighted by molar-refractivity contribution is 0.0619. The molecule has 1 N–H and O–H groups in total. The van der Waals surface area contributed by atoms with Gasteiger partial charge in [-0.2, -0.15) is 0 Å². The van der Waals surface area contributed by atoms with E-state index >= 15 is 0 Å². The zero-order valence-electron chi connectivity index (χ0n) is 8.47. The highest BCUT2D eigenvalue weighted by Crippen LogP contribution is 2.00. The van der Waals surface area contributed by atoms with E-state index < -0.39 is 6.10 Å². The second-order valence-corrected chi connectivity index (χ2v) is 3.47. The van der Waals surface area contributed by atoms with Crippen molar-refractivity contribution in [2.75, 3.05) is 19.1 Å². The number of alkyl halides is 1. The fourth-order valence-corrected chi connectivity index (χ4v) is 1.15. The zero-order valence-corrected chi connectivity index (χ0v) is 9.23. The van der Waals surface area contributed by atoms with E-state index in [0.29, 0.717) is 6.61 Å². The highest BCUT2D eigenvalue weighted by molar-refractivity contribution is 6.18. The molecule has 1 aromatic carbocycles. The molecule has 2 nitrogen and oxygen atoms in total. The van der Waals surface area contributed by atoms with Crippen molar-refractivity contribution in [2.24, 2.45) is 0 Å². The maximum atomic E-state index is 9.09. The van der Waals surface area contributed by atoms with Crippen LogP contribution in [-0.4, -0.2) is 30.3 Å². The number of hydrogen-bond acceptors (Lipinski definition) is 2. The second-order valence-electron chi connectivity index (χ2n) is 3.16. The molecule has 0 fully saturated rings. The van der Waals surface area contributed by atoms with Gasteiger partial charge in [0, 0.05) is 0 Å². The van der Waals surface area contributed by atoms with E-state index in [9.17, 15) is 0 Å². The first-order valence-corrected chi connectivity index (χ1v) is 5.39. The first-order chi connectivity index (χ1) is 7.33. The number of ether oxygens (including phenoxy) is 1. The van der Waals surface area contributed by atoms with Gasteiger partial charge < -0.3 is 9.84 Å². The SMILES string of the molecule is OC(CCl)COC/C=C/c1ccccc1. The highest BCUT2D eigenvalue weighted by atomic mass is 35.5. The third kappa shape index (κ3) is 5.57. The van der Waals surface area contributed by atoms with Crippen molar-refractivity contribution in [3.05, 3.63) is 42.0 Å². The van der Waals surface area contributed by atoms with Crippen LogP contribution in [0.4, 0.5) is 0 Å². The van der Waals surface area contributed by atoms with Crippen LogP contribution in [-0.2, 0) is 4.74 Å². The van der Waals surface area contributed by atoms with Gasteiger partial charge in [-0.1, -0.05) is 42.5 Å². The number of halogens is 1. The number of hydrogen-bond donors (Lipinski definition) is 1. The lowest BCUT2D eigenvalue weighted by Crippen LogP contribution is -2.16. The molecule has 0 aliphatic rings. The summed E-state index contributed by atoms with van der Waals surface area (Å²) in [7, 11) is 0. The molecule has 0 aromatic heterocycles. The summed E-state index contributed by atoms with van der Waals surface area (Å²) in [6.45, 7) is 0.769. The van der Waals surface area contributed by atoms with Crippen LogP contribution >= 0.6 is 11.6 Å². The van der Waals surface area contributed by atoms with Crippen LogP contribution in [0.3, 0.4) is 0 Å². The van der Waals surface area contributed by atoms with Crippen molar-refractivity contribution >= 4 is 17.7 Å². The predicted molar refractivity (Wildman–Crippen MR) is 63.0 cm³/mol. The van der Waals surface area contributed by atoms with Crippen LogP contribution < -0.4 is 0 Å². The summed E-state index contributed by atoms with van der Waals surface area (Å²) in [5.74, 6) is 0.211. The Morgan fingerprint density at radius 2 is 2.07 bits per heavy atom. The molecule has 82 valence electrons. The maximum absolute atomic E-state index is 9.09. The molecule has 0 radical (unpaired) electrons. The zero-order chi connectivity index (χ0) is 10.9. The first kappa shape index (κ1) is 12.2. The third-order valence-electron chi connectivity index (χ3n) is 1.81. The summed E-state index contributed by atoms with van der Waals surface area (Å²) in [6, 6.07) is 9.98. The number of aliphatic hydroxyl groups excluding tert-OH is 1. The van der Waals surface area contributed by atoms with Gasteiger partial charge in [-0.15, -0.1) is 11.6 Å². The summed E-state index contributed by atoms with van der Waals surface area (Å²) in [5.41, 5.74) is 1.14. The molecule has 0 amide bonds. The molecule has 0 saturated carbocycles. The molecule has 0 heterocycles. The minimum Gasteiger partial charge on any atom is -0.389 e. The molecule has 0 saturated heterocycles. The van der Waals surface area contributed by atoms with Crippen molar-refractivity contribution in [1.29, 1.82) is 0 Å². The van der Waals surface area contributed by atoms with Crippen LogP contribution in [0.5, 0.6) is 0 Å². The summed E-state index contributed by atoms with van der Waals surface area (Å²) in [6.07, 6.45) is 3.32. The van der Waals surface area contributed by atoms with Crippen molar-refractivity contribution in [3.8, 4) is 0 Å². The Hall–Kier alpha value is -0.830. The van der Waals surface area contributed by atoms with Crippen molar-refractivity contribution < 1.29 is 9.84 Å². The van der Waals surface area contributed by atoms with Gasteiger partial charge in [0.25, 0.3) is 0 Å². The molecule has 1 unspecified atom stereocenters. The van der Waals surface area contributed by atoms with Crippen molar-refractivity contribution in [2.45, 2.75) is 6.10 Å². The van der Waals surface area contributed by atoms with Gasteiger partial charge in [0.2, 0.25) is 0 Å². The van der Waals surface area contributed by atoms with E-state index in [1.165, 1.54) is 0 Å². The lowest BCUT2D eigenvalue weighted by atomic mass is 10.2. The van der Waals surface area contributed by atoms with Gasteiger partial charge in [-0.05, 0) is 5.56 Å². The van der Waals surface area contributed by atoms with Crippen LogP contribution in [0, 0.1) is 0 Å². The molecule has 1 rings (SSSR count). The van der Waals surface area contributed by atoms with Gasteiger partial charge in [-0.25, -0.2) is 0 Å². The minimum atomic E-state index is -0.572. The van der Waals surface area contributed by atoms with Gasteiger partial charge in [0.15, 0.2) is 0 Å². The van der Waals surface area contributed by atoms with E-state index in [-0.39, 0.29) is 12.5 Å². The Balaban J connectivity index is 2.18. The number of benzene rings is 1. The van der Waals surface area contributed by atoms with Gasteiger partial charge in [0.05, 0.1) is 25.2 Å². The van der Waals surface area contributed by atoms with E-state index in [1.807, 2.05) is 42.5 Å². The predicted octanol–water partition coefficient (Wildman–Crippen LogP) is 2.32. The number of rotatable bonds is 6. The van der Waals surface area contributed by atoms with E-state index in [1.54, 1.807) is 0 Å². The summed E-state index contributed by atoms with van der Waals surface area (Å²) in [4.78, 5) is 0. The molecule has 0 spiro atoms. The highest BCUT2D eigenvalue weighted by Gasteiger charge is 1.99. The number of aliphatic hydroxyl groups is 1. The molecule has 3 heteroatoms. The molecule has 1 aromatic rings. The third-order valence-corrected chi connectivity index (χ3v) is 2.17. The monoisotopic (exact) mass is 226 g/mol. The lowest BCUT2D eigenvalue weighted by Gasteiger charge is -2.05. The van der Waals surface area contributed by atoms with Crippen LogP contribution in [0.1, 0.15) is 5.56 Å². The van der Waals surface area contributed by atoms with Crippen LogP contribution in [0.15, 0.2) is 36.4 Å². The van der Waals surface area contributed by atoms with E-state index in [0.717, 1.165) is 5.56 Å². The van der Waals surface area contributed by atoms with Gasteiger partial charge >= 0.3 is 0 Å². The Kier molecular flexibility index (Phi) is 6.09. The quantitative estimate of drug-likeness (QED) is 0.596. The summed E-state index contributed by atoms with van der Waals surface area (Å²) >= 11 is 5.41. The summed E-state index contributed by atoms with van der Waals surface area (Å²) < 4.78 is 5.19. The second kappa shape index (κ2) is 7.46. The Labute approximate surface area is 95.1 Å². The molecule has 1 atom stereocenters. The maximum Gasteiger partial charge on any atom is 0.0908 e. The molecular weight excluding hydrogens is 212 g/mol. The molecule has 0 aliphatic carbocycles. The molecular formula is C12H15ClO2. The Bertz CT molecular complexity index is 285. The topological polar surface area (TPSA) is 29.5 Å². The standard InChI is InChI=1S/C12H15ClO2/c13-9-12(14)10-15-8-4-7-11-5-2-1-3-6-11/h1-7,12,14H,8-10H2/b7-4+. The van der Waals surface area contributed by atoms with E-state index in [4.69, 9.17) is 21.4 Å². The largest absolute Gasteiger partial charge is 0.389 e. The van der Waals surface area contributed by atoms with Crippen LogP contribution in [0.2, 0.25) is 0 Å². The average molecular weight is 227 g/mol. The fraction of sp³-hybridized carbons (Fsp3) is 0.333. The van der Waals surface area contributed by atoms with Crippen LogP contribution in [0.25, 0.3) is 6.08 Å². The smallest absolute Gasteiger partial charge is 0.0908 e. The van der Waals surface area contributed by atoms with Crippen molar-refractivity contribution in [3.63, 3.8) is 0 Å². The van der Waals surface area contributed by atoms with Gasteiger partial charge in [0.1, 0.15) is 0 Å². The molecule has 0 aliphatic heterocycles. The van der Waals surface area contributed by atoms with E-state index in [2.05, 4.69) is 0 Å². The average Bonchev–Trinajstić information content (AvgIpc) is 2.29.